The van der Waals surface area contributed by atoms with Gasteiger partial charge in [-0.1, -0.05) is 119 Å². The van der Waals surface area contributed by atoms with E-state index in [2.05, 4.69) is 173 Å². The molecule has 0 saturated heterocycles. The zero-order valence-corrected chi connectivity index (χ0v) is 36.6. The Hall–Kier alpha value is -4.24. The van der Waals surface area contributed by atoms with Gasteiger partial charge in [-0.05, 0) is 170 Å². The molecule has 2 heterocycles. The molecule has 56 heavy (non-hydrogen) atoms. The molecule has 5 aromatic carbocycles. The Labute approximate surface area is 338 Å². The van der Waals surface area contributed by atoms with Crippen molar-refractivity contribution in [3.05, 3.63) is 123 Å². The molecule has 3 heteroatoms. The summed E-state index contributed by atoms with van der Waals surface area (Å²) in [6.45, 7) is 30.8. The predicted octanol–water partition coefficient (Wildman–Crippen LogP) is 12.2. The number of aryl methyl sites for hydroxylation is 3. The van der Waals surface area contributed by atoms with Crippen molar-refractivity contribution >= 4 is 57.2 Å². The van der Waals surface area contributed by atoms with E-state index in [1.54, 1.807) is 22.3 Å². The molecule has 0 aromatic heterocycles. The fourth-order valence-electron chi connectivity index (χ4n) is 10.2. The average Bonchev–Trinajstić information content (AvgIpc) is 3.78. The van der Waals surface area contributed by atoms with Crippen LogP contribution in [0.2, 0.25) is 0 Å². The fourth-order valence-corrected chi connectivity index (χ4v) is 10.2. The van der Waals surface area contributed by atoms with Crippen LogP contribution in [0.5, 0.6) is 0 Å². The summed E-state index contributed by atoms with van der Waals surface area (Å²) in [5.74, 6) is 0. The molecule has 0 atom stereocenters. The molecule has 2 nitrogen and oxygen atoms in total. The molecule has 0 fully saturated rings. The van der Waals surface area contributed by atoms with Gasteiger partial charge in [0.15, 0.2) is 0 Å². The van der Waals surface area contributed by atoms with E-state index in [0.717, 1.165) is 0 Å². The summed E-state index contributed by atoms with van der Waals surface area (Å²) in [4.78, 5) is 5.46. The lowest BCUT2D eigenvalue weighted by Gasteiger charge is -2.46. The van der Waals surface area contributed by atoms with Crippen molar-refractivity contribution in [2.75, 3.05) is 9.80 Å². The molecule has 0 bridgehead atoms. The van der Waals surface area contributed by atoms with E-state index in [9.17, 15) is 0 Å². The monoisotopic (exact) mass is 739 g/mol. The van der Waals surface area contributed by atoms with Crippen LogP contribution in [0.3, 0.4) is 0 Å². The standard InChI is InChI=1S/C53H63BN2/c1-32-24-46-48-47(25-32)56(49-40-18-14-16-33(40)26-34-17-15-19-41(34)49)45-31-36(51(5,6)7)21-23-43(45)54(48)42-22-20-35(50(2,3)4)30-44(42)55(46)39-28-37(52(8,9)10)27-38(29-39)53(11,12)13/h20-31H,14-19H2,1-13H3. The van der Waals surface area contributed by atoms with E-state index >= 15 is 0 Å². The lowest BCUT2D eigenvalue weighted by atomic mass is 9.33. The highest BCUT2D eigenvalue weighted by Crippen LogP contribution is 2.51. The molecule has 0 amide bonds. The van der Waals surface area contributed by atoms with Crippen molar-refractivity contribution in [1.82, 2.24) is 0 Å². The van der Waals surface area contributed by atoms with Gasteiger partial charge in [-0.25, -0.2) is 0 Å². The minimum absolute atomic E-state index is 0.00498. The van der Waals surface area contributed by atoms with E-state index in [1.807, 2.05) is 0 Å². The Kier molecular flexibility index (Phi) is 8.26. The molecular weight excluding hydrogens is 675 g/mol. The normalized spacial score (nSPS) is 16.1. The van der Waals surface area contributed by atoms with Gasteiger partial charge in [0.1, 0.15) is 0 Å². The van der Waals surface area contributed by atoms with Gasteiger partial charge in [-0.2, -0.15) is 0 Å². The maximum Gasteiger partial charge on any atom is 0.252 e. The highest BCUT2D eigenvalue weighted by molar-refractivity contribution is 7.00. The highest BCUT2D eigenvalue weighted by atomic mass is 15.2. The molecule has 5 aromatic rings. The zero-order valence-electron chi connectivity index (χ0n) is 36.6. The summed E-state index contributed by atoms with van der Waals surface area (Å²) in [6, 6.07) is 30.1. The second-order valence-corrected chi connectivity index (χ2v) is 21.8. The van der Waals surface area contributed by atoms with Crippen molar-refractivity contribution in [2.24, 2.45) is 0 Å². The summed E-state index contributed by atoms with van der Waals surface area (Å²) in [7, 11) is 0. The molecule has 0 spiro atoms. The molecule has 0 radical (unpaired) electrons. The average molecular weight is 739 g/mol. The van der Waals surface area contributed by atoms with E-state index in [1.165, 1.54) is 117 Å². The summed E-state index contributed by atoms with van der Waals surface area (Å²) in [5.41, 5.74) is 25.7. The van der Waals surface area contributed by atoms with E-state index in [4.69, 9.17) is 0 Å². The second-order valence-electron chi connectivity index (χ2n) is 21.8. The molecule has 0 saturated carbocycles. The van der Waals surface area contributed by atoms with Crippen LogP contribution in [-0.2, 0) is 47.3 Å². The molecule has 0 N–H and O–H groups in total. The highest BCUT2D eigenvalue weighted by Gasteiger charge is 2.45. The minimum Gasteiger partial charge on any atom is -0.311 e. The zero-order chi connectivity index (χ0) is 39.9. The molecule has 4 aliphatic rings. The number of rotatable bonds is 2. The van der Waals surface area contributed by atoms with Crippen LogP contribution in [0, 0.1) is 6.92 Å². The van der Waals surface area contributed by atoms with Crippen molar-refractivity contribution < 1.29 is 0 Å². The SMILES string of the molecule is Cc1cc2c3c(c1)N(c1c4c(cc5c1CCC5)CCC4)c1cc(C(C)(C)C)ccc1B3c1ccc(C(C)(C)C)cc1N2c1cc(C(C)(C)C)cc(C(C)(C)C)c1. The van der Waals surface area contributed by atoms with Gasteiger partial charge in [0.25, 0.3) is 6.71 Å². The molecular formula is C53H63BN2. The molecule has 2 aliphatic carbocycles. The Morgan fingerprint density at radius 2 is 0.893 bits per heavy atom. The first kappa shape index (κ1) is 37.3. The third kappa shape index (κ3) is 5.89. The van der Waals surface area contributed by atoms with Crippen LogP contribution >= 0.6 is 0 Å². The number of anilines is 6. The van der Waals surface area contributed by atoms with Gasteiger partial charge < -0.3 is 9.80 Å². The first-order valence-corrected chi connectivity index (χ1v) is 21.6. The largest absolute Gasteiger partial charge is 0.311 e. The molecule has 9 rings (SSSR count). The first-order valence-electron chi connectivity index (χ1n) is 21.6. The van der Waals surface area contributed by atoms with Gasteiger partial charge in [-0.3, -0.25) is 0 Å². The van der Waals surface area contributed by atoms with Crippen molar-refractivity contribution in [2.45, 2.75) is 150 Å². The Morgan fingerprint density at radius 1 is 0.446 bits per heavy atom. The maximum atomic E-state index is 2.79. The van der Waals surface area contributed by atoms with Gasteiger partial charge in [0.05, 0.1) is 5.69 Å². The van der Waals surface area contributed by atoms with Crippen LogP contribution < -0.4 is 26.2 Å². The third-order valence-electron chi connectivity index (χ3n) is 13.5. The topological polar surface area (TPSA) is 6.48 Å². The summed E-state index contributed by atoms with van der Waals surface area (Å²) >= 11 is 0. The minimum atomic E-state index is 0.00498. The smallest absolute Gasteiger partial charge is 0.252 e. The van der Waals surface area contributed by atoms with E-state index < -0.39 is 0 Å². The van der Waals surface area contributed by atoms with Crippen LogP contribution in [-0.4, -0.2) is 6.71 Å². The molecule has 2 aliphatic heterocycles. The summed E-state index contributed by atoms with van der Waals surface area (Å²) in [6.07, 6.45) is 7.23. The van der Waals surface area contributed by atoms with Gasteiger partial charge in [-0.15, -0.1) is 0 Å². The van der Waals surface area contributed by atoms with E-state index in [0.29, 0.717) is 0 Å². The molecule has 0 unspecified atom stereocenters. The quantitative estimate of drug-likeness (QED) is 0.163. The Bertz CT molecular complexity index is 2370. The van der Waals surface area contributed by atoms with Gasteiger partial charge in [0.2, 0.25) is 0 Å². The van der Waals surface area contributed by atoms with Crippen molar-refractivity contribution in [3.63, 3.8) is 0 Å². The summed E-state index contributed by atoms with van der Waals surface area (Å²) < 4.78 is 0. The number of hydrogen-bond donors (Lipinski definition) is 0. The van der Waals surface area contributed by atoms with Gasteiger partial charge in [0, 0.05) is 28.4 Å². The van der Waals surface area contributed by atoms with Gasteiger partial charge >= 0.3 is 0 Å². The first-order chi connectivity index (χ1) is 26.2. The molecule has 288 valence electrons. The fraction of sp³-hybridized carbons (Fsp3) is 0.434. The third-order valence-corrected chi connectivity index (χ3v) is 13.5. The maximum absolute atomic E-state index is 2.79. The van der Waals surface area contributed by atoms with Crippen molar-refractivity contribution in [1.29, 1.82) is 0 Å². The van der Waals surface area contributed by atoms with Crippen LogP contribution in [0.25, 0.3) is 0 Å². The predicted molar refractivity (Wildman–Crippen MR) is 244 cm³/mol. The van der Waals surface area contributed by atoms with Crippen LogP contribution in [0.4, 0.5) is 34.1 Å². The van der Waals surface area contributed by atoms with Crippen LogP contribution in [0.15, 0.2) is 72.8 Å². The van der Waals surface area contributed by atoms with Crippen molar-refractivity contribution in [3.8, 4) is 0 Å². The second kappa shape index (κ2) is 12.4. The lowest BCUT2D eigenvalue weighted by molar-refractivity contribution is 0.569. The Balaban J connectivity index is 1.42. The van der Waals surface area contributed by atoms with Crippen LogP contribution in [0.1, 0.15) is 146 Å². The number of nitrogens with zero attached hydrogens (tertiary/aromatic N) is 2. The lowest BCUT2D eigenvalue weighted by Crippen LogP contribution is -2.61. The Morgan fingerprint density at radius 3 is 1.36 bits per heavy atom. The number of fused-ring (bicyclic) bond motifs is 6. The summed E-state index contributed by atoms with van der Waals surface area (Å²) in [5, 5.41) is 0. The number of benzene rings is 5. The number of hydrogen-bond acceptors (Lipinski definition) is 2. The van der Waals surface area contributed by atoms with E-state index in [-0.39, 0.29) is 28.4 Å².